The van der Waals surface area contributed by atoms with Crippen LogP contribution in [0.25, 0.3) is 0 Å². The molecule has 0 aliphatic carbocycles. The molecule has 1 aliphatic rings. The van der Waals surface area contributed by atoms with Gasteiger partial charge >= 0.3 is 0 Å². The first-order valence-electron chi connectivity index (χ1n) is 7.36. The summed E-state index contributed by atoms with van der Waals surface area (Å²) in [5.41, 5.74) is 8.16. The van der Waals surface area contributed by atoms with E-state index in [0.717, 1.165) is 30.6 Å². The van der Waals surface area contributed by atoms with Crippen molar-refractivity contribution < 1.29 is 4.39 Å². The van der Waals surface area contributed by atoms with Gasteiger partial charge in [-0.05, 0) is 55.4 Å². The van der Waals surface area contributed by atoms with Gasteiger partial charge in [0.25, 0.3) is 0 Å². The molecule has 5 heteroatoms. The first-order valence-corrected chi connectivity index (χ1v) is 7.36. The molecular weight excluding hydrogens is 380 g/mol. The molecule has 3 nitrogen and oxygen atoms in total. The molecule has 2 rings (SSSR count). The van der Waals surface area contributed by atoms with Crippen LogP contribution in [0.15, 0.2) is 23.2 Å². The molecule has 1 aromatic carbocycles. The van der Waals surface area contributed by atoms with Gasteiger partial charge in [-0.1, -0.05) is 13.0 Å². The van der Waals surface area contributed by atoms with E-state index in [4.69, 9.17) is 5.73 Å². The lowest BCUT2D eigenvalue weighted by molar-refractivity contribution is 0.270. The van der Waals surface area contributed by atoms with Crippen LogP contribution in [0.1, 0.15) is 30.9 Å². The molecule has 1 unspecified atom stereocenters. The highest BCUT2D eigenvalue weighted by atomic mass is 127. The molecule has 0 spiro atoms. The second kappa shape index (κ2) is 8.56. The predicted molar refractivity (Wildman–Crippen MR) is 96.7 cm³/mol. The van der Waals surface area contributed by atoms with Gasteiger partial charge in [-0.25, -0.2) is 4.39 Å². The lowest BCUT2D eigenvalue weighted by Crippen LogP contribution is -2.43. The molecule has 1 heterocycles. The standard InChI is InChI=1S/C16H24FN3.HI/c1-12-4-3-9-20(11-12)16(18)19-8-7-14-5-6-15(17)10-13(14)2;/h5-6,10,12H,3-4,7-9,11H2,1-2H3,(H2,18,19);1H. The minimum absolute atomic E-state index is 0. The fourth-order valence-electron chi connectivity index (χ4n) is 2.73. The summed E-state index contributed by atoms with van der Waals surface area (Å²) in [7, 11) is 0. The topological polar surface area (TPSA) is 41.6 Å². The Morgan fingerprint density at radius 1 is 1.48 bits per heavy atom. The van der Waals surface area contributed by atoms with Gasteiger partial charge in [-0.15, -0.1) is 24.0 Å². The molecule has 0 bridgehead atoms. The third kappa shape index (κ3) is 5.45. The highest BCUT2D eigenvalue weighted by molar-refractivity contribution is 14.0. The summed E-state index contributed by atoms with van der Waals surface area (Å²) in [5, 5.41) is 0. The highest BCUT2D eigenvalue weighted by Crippen LogP contribution is 2.15. The average molecular weight is 405 g/mol. The lowest BCUT2D eigenvalue weighted by atomic mass is 10.0. The molecule has 0 aromatic heterocycles. The number of likely N-dealkylation sites (tertiary alicyclic amines) is 1. The van der Waals surface area contributed by atoms with Crippen molar-refractivity contribution in [3.63, 3.8) is 0 Å². The Kier molecular flexibility index (Phi) is 7.42. The van der Waals surface area contributed by atoms with E-state index >= 15 is 0 Å². The number of guanidine groups is 1. The average Bonchev–Trinajstić information content (AvgIpc) is 2.41. The van der Waals surface area contributed by atoms with Crippen molar-refractivity contribution in [1.82, 2.24) is 4.90 Å². The Morgan fingerprint density at radius 3 is 2.90 bits per heavy atom. The number of piperidine rings is 1. The van der Waals surface area contributed by atoms with E-state index in [2.05, 4.69) is 16.8 Å². The van der Waals surface area contributed by atoms with Gasteiger partial charge in [0.2, 0.25) is 0 Å². The van der Waals surface area contributed by atoms with Crippen molar-refractivity contribution in [2.45, 2.75) is 33.1 Å². The summed E-state index contributed by atoms with van der Waals surface area (Å²) in [5.74, 6) is 1.16. The highest BCUT2D eigenvalue weighted by Gasteiger charge is 2.17. The summed E-state index contributed by atoms with van der Waals surface area (Å²) in [4.78, 5) is 6.64. The maximum absolute atomic E-state index is 13.0. The van der Waals surface area contributed by atoms with Crippen LogP contribution in [0.4, 0.5) is 4.39 Å². The first-order chi connectivity index (χ1) is 9.56. The van der Waals surface area contributed by atoms with Crippen molar-refractivity contribution >= 4 is 29.9 Å². The number of benzene rings is 1. The molecule has 1 aromatic rings. The van der Waals surface area contributed by atoms with Gasteiger partial charge < -0.3 is 10.6 Å². The van der Waals surface area contributed by atoms with Crippen LogP contribution in [0.5, 0.6) is 0 Å². The van der Waals surface area contributed by atoms with Crippen LogP contribution >= 0.6 is 24.0 Å². The number of hydrogen-bond acceptors (Lipinski definition) is 1. The number of aryl methyl sites for hydroxylation is 1. The number of hydrogen-bond donors (Lipinski definition) is 1. The number of halogens is 2. The number of aliphatic imine (C=N–C) groups is 1. The fraction of sp³-hybridized carbons (Fsp3) is 0.562. The Morgan fingerprint density at radius 2 is 2.24 bits per heavy atom. The van der Waals surface area contributed by atoms with Crippen LogP contribution in [0.2, 0.25) is 0 Å². The maximum Gasteiger partial charge on any atom is 0.191 e. The predicted octanol–water partition coefficient (Wildman–Crippen LogP) is 3.34. The van der Waals surface area contributed by atoms with E-state index in [-0.39, 0.29) is 29.8 Å². The Hall–Kier alpha value is -0.850. The van der Waals surface area contributed by atoms with Gasteiger partial charge in [0.15, 0.2) is 5.96 Å². The summed E-state index contributed by atoms with van der Waals surface area (Å²) >= 11 is 0. The van der Waals surface area contributed by atoms with Gasteiger partial charge in [-0.2, -0.15) is 0 Å². The zero-order valence-corrected chi connectivity index (χ0v) is 15.1. The molecule has 0 saturated carbocycles. The SMILES string of the molecule is Cc1cc(F)ccc1CCN=C(N)N1CCCC(C)C1.I. The van der Waals surface area contributed by atoms with E-state index in [0.29, 0.717) is 18.4 Å². The van der Waals surface area contributed by atoms with Crippen molar-refractivity contribution in [3.8, 4) is 0 Å². The van der Waals surface area contributed by atoms with Crippen LogP contribution in [0, 0.1) is 18.7 Å². The van der Waals surface area contributed by atoms with Gasteiger partial charge in [0, 0.05) is 19.6 Å². The second-order valence-corrected chi connectivity index (χ2v) is 5.75. The number of rotatable bonds is 3. The monoisotopic (exact) mass is 405 g/mol. The van der Waals surface area contributed by atoms with E-state index in [1.54, 1.807) is 6.07 Å². The van der Waals surface area contributed by atoms with Gasteiger partial charge in [0.1, 0.15) is 5.82 Å². The molecule has 1 fully saturated rings. The summed E-state index contributed by atoms with van der Waals surface area (Å²) in [6.45, 7) is 6.85. The van der Waals surface area contributed by atoms with Crippen molar-refractivity contribution in [3.05, 3.63) is 35.1 Å². The van der Waals surface area contributed by atoms with Gasteiger partial charge in [0.05, 0.1) is 0 Å². The van der Waals surface area contributed by atoms with Crippen LogP contribution in [-0.4, -0.2) is 30.5 Å². The van der Waals surface area contributed by atoms with Crippen LogP contribution in [0.3, 0.4) is 0 Å². The molecule has 21 heavy (non-hydrogen) atoms. The van der Waals surface area contributed by atoms with E-state index in [1.807, 2.05) is 13.0 Å². The summed E-state index contributed by atoms with van der Waals surface area (Å²) in [6.07, 6.45) is 3.27. The summed E-state index contributed by atoms with van der Waals surface area (Å²) < 4.78 is 13.0. The molecule has 0 radical (unpaired) electrons. The van der Waals surface area contributed by atoms with Crippen LogP contribution in [-0.2, 0) is 6.42 Å². The van der Waals surface area contributed by atoms with E-state index in [1.165, 1.54) is 18.9 Å². The fourth-order valence-corrected chi connectivity index (χ4v) is 2.73. The van der Waals surface area contributed by atoms with Crippen molar-refractivity contribution in [2.24, 2.45) is 16.6 Å². The zero-order valence-electron chi connectivity index (χ0n) is 12.8. The minimum Gasteiger partial charge on any atom is -0.370 e. The van der Waals surface area contributed by atoms with Crippen LogP contribution < -0.4 is 5.73 Å². The molecule has 118 valence electrons. The quantitative estimate of drug-likeness (QED) is 0.476. The Balaban J connectivity index is 0.00000220. The van der Waals surface area contributed by atoms with Crippen molar-refractivity contribution in [1.29, 1.82) is 0 Å². The maximum atomic E-state index is 13.0. The number of nitrogens with two attached hydrogens (primary N) is 1. The first kappa shape index (κ1) is 18.2. The molecule has 1 aliphatic heterocycles. The lowest BCUT2D eigenvalue weighted by Gasteiger charge is -2.31. The van der Waals surface area contributed by atoms with Crippen molar-refractivity contribution in [2.75, 3.05) is 19.6 Å². The van der Waals surface area contributed by atoms with Gasteiger partial charge in [-0.3, -0.25) is 4.99 Å². The minimum atomic E-state index is -0.184. The van der Waals surface area contributed by atoms with E-state index < -0.39 is 0 Å². The molecule has 1 saturated heterocycles. The number of nitrogens with zero attached hydrogens (tertiary/aromatic N) is 2. The Bertz CT molecular complexity index is 490. The molecular formula is C16H25FIN3. The zero-order chi connectivity index (χ0) is 14.5. The Labute approximate surface area is 143 Å². The normalized spacial score (nSPS) is 19.3. The molecule has 2 N–H and O–H groups in total. The third-order valence-electron chi connectivity index (χ3n) is 3.94. The molecule has 1 atom stereocenters. The molecule has 0 amide bonds. The van der Waals surface area contributed by atoms with E-state index in [9.17, 15) is 4.39 Å². The largest absolute Gasteiger partial charge is 0.370 e. The smallest absolute Gasteiger partial charge is 0.191 e. The third-order valence-corrected chi connectivity index (χ3v) is 3.94. The summed E-state index contributed by atoms with van der Waals surface area (Å²) in [6, 6.07) is 4.90. The second-order valence-electron chi connectivity index (χ2n) is 5.75.